The standard InChI is InChI=1S/C31H28FN6O2.C2H6.H2/c1-4-18-11-23(15-33)24(32)13-25(18)35-28-14-26-29(34-17-37(26)2)30(36-28)38(31(39)20-7-8-20)16-22-10-9-21(19-5-6-19)12-27(22)40-3;1-2;/h5-6,9-14,17,20H,4,7-8,16H2,1-3H3,(H,35,36);1-2H3;1H. The number of nitrogens with zero attached hydrogens (tertiary/aromatic N) is 5. The number of aryl methyl sites for hydroxylation is 2. The Morgan fingerprint density at radius 2 is 2.00 bits per heavy atom. The highest BCUT2D eigenvalue weighted by Gasteiger charge is 2.36. The monoisotopic (exact) mass is 567 g/mol. The van der Waals surface area contributed by atoms with Crippen LogP contribution in [0.1, 0.15) is 57.3 Å². The maximum Gasteiger partial charge on any atom is 0.231 e. The predicted molar refractivity (Wildman–Crippen MR) is 165 cm³/mol. The minimum absolute atomic E-state index is 0. The van der Waals surface area contributed by atoms with Crippen molar-refractivity contribution >= 4 is 39.8 Å². The number of pyridine rings is 1. The Morgan fingerprint density at radius 1 is 1.24 bits per heavy atom. The first kappa shape index (κ1) is 28.8. The number of anilines is 3. The Balaban J connectivity index is 0.00000138. The number of imidazole rings is 1. The fourth-order valence-corrected chi connectivity index (χ4v) is 4.88. The van der Waals surface area contributed by atoms with Crippen molar-refractivity contribution in [1.82, 2.24) is 14.5 Å². The maximum atomic E-state index is 14.6. The van der Waals surface area contributed by atoms with Crippen LogP contribution < -0.4 is 15.0 Å². The van der Waals surface area contributed by atoms with Crippen LogP contribution in [0.5, 0.6) is 5.75 Å². The number of carbonyl (C=O) groups is 1. The molecule has 4 aromatic rings. The molecule has 2 aromatic heterocycles. The highest BCUT2D eigenvalue weighted by Crippen LogP contribution is 2.38. The molecular formula is C33H36FN6O2. The molecule has 6 rings (SSSR count). The molecule has 217 valence electrons. The van der Waals surface area contributed by atoms with Crippen LogP contribution >= 0.6 is 0 Å². The van der Waals surface area contributed by atoms with E-state index < -0.39 is 5.82 Å². The highest BCUT2D eigenvalue weighted by atomic mass is 19.1. The zero-order valence-electron chi connectivity index (χ0n) is 24.5. The van der Waals surface area contributed by atoms with Crippen LogP contribution in [-0.4, -0.2) is 27.6 Å². The first-order valence-corrected chi connectivity index (χ1v) is 14.3. The lowest BCUT2D eigenvalue weighted by atomic mass is 10.1. The van der Waals surface area contributed by atoms with Gasteiger partial charge in [0.05, 0.1) is 31.1 Å². The van der Waals surface area contributed by atoms with E-state index in [0.717, 1.165) is 40.6 Å². The van der Waals surface area contributed by atoms with Gasteiger partial charge in [-0.3, -0.25) is 9.69 Å². The number of aromatic nitrogens is 3. The van der Waals surface area contributed by atoms with Crippen molar-refractivity contribution in [1.29, 1.82) is 5.26 Å². The Labute approximate surface area is 246 Å². The maximum absolute atomic E-state index is 14.6. The van der Waals surface area contributed by atoms with Crippen molar-refractivity contribution in [3.05, 3.63) is 83.3 Å². The molecule has 0 atom stereocenters. The number of hydrogen-bond acceptors (Lipinski definition) is 6. The van der Waals surface area contributed by atoms with Gasteiger partial charge in [-0.1, -0.05) is 39.0 Å². The summed E-state index contributed by atoms with van der Waals surface area (Å²) in [4.78, 5) is 24.9. The van der Waals surface area contributed by atoms with Crippen LogP contribution in [-0.2, 0) is 24.8 Å². The number of nitrogens with one attached hydrogen (secondary N) is 1. The normalized spacial score (nSPS) is 13.5. The summed E-state index contributed by atoms with van der Waals surface area (Å²) in [7, 11) is 3.50. The van der Waals surface area contributed by atoms with E-state index in [1.165, 1.54) is 6.07 Å². The van der Waals surface area contributed by atoms with Crippen molar-refractivity contribution in [2.45, 2.75) is 46.6 Å². The molecule has 42 heavy (non-hydrogen) atoms. The van der Waals surface area contributed by atoms with Gasteiger partial charge < -0.3 is 14.6 Å². The summed E-state index contributed by atoms with van der Waals surface area (Å²) in [5, 5.41) is 12.5. The van der Waals surface area contributed by atoms with E-state index in [-0.39, 0.29) is 25.4 Å². The molecule has 0 aliphatic heterocycles. The third-order valence-electron chi connectivity index (χ3n) is 7.38. The van der Waals surface area contributed by atoms with Gasteiger partial charge in [-0.15, -0.1) is 0 Å². The van der Waals surface area contributed by atoms with Crippen molar-refractivity contribution in [3.63, 3.8) is 0 Å². The van der Waals surface area contributed by atoms with Gasteiger partial charge in [0.25, 0.3) is 0 Å². The number of methoxy groups -OCH3 is 1. The Hall–Kier alpha value is -4.71. The molecule has 0 saturated heterocycles. The van der Waals surface area contributed by atoms with E-state index in [1.807, 2.05) is 75.2 Å². The Bertz CT molecular complexity index is 1740. The molecule has 0 spiro atoms. The lowest BCUT2D eigenvalue weighted by molar-refractivity contribution is -0.119. The average Bonchev–Trinajstić information content (AvgIpc) is 3.95. The summed E-state index contributed by atoms with van der Waals surface area (Å²) in [6.45, 7) is 6.20. The van der Waals surface area contributed by atoms with Crippen LogP contribution in [0.4, 0.5) is 21.7 Å². The van der Waals surface area contributed by atoms with E-state index in [2.05, 4.69) is 10.3 Å². The number of fused-ring (bicyclic) bond motifs is 1. The molecule has 2 aliphatic carbocycles. The second kappa shape index (κ2) is 12.0. The lowest BCUT2D eigenvalue weighted by Crippen LogP contribution is -2.33. The molecule has 1 amide bonds. The van der Waals surface area contributed by atoms with Crippen molar-refractivity contribution in [3.8, 4) is 11.8 Å². The fraction of sp³-hybridized carbons (Fsp3) is 0.303. The number of amides is 1. The topological polar surface area (TPSA) is 96.1 Å². The predicted octanol–water partition coefficient (Wildman–Crippen LogP) is 7.11. The summed E-state index contributed by atoms with van der Waals surface area (Å²) in [6.07, 6.45) is 8.04. The molecular weight excluding hydrogens is 531 g/mol. The molecule has 2 aromatic carbocycles. The fourth-order valence-electron chi connectivity index (χ4n) is 4.88. The quantitative estimate of drug-likeness (QED) is 0.232. The van der Waals surface area contributed by atoms with Gasteiger partial charge in [-0.05, 0) is 54.2 Å². The highest BCUT2D eigenvalue weighted by molar-refractivity contribution is 6.02. The van der Waals surface area contributed by atoms with Gasteiger partial charge in [0.2, 0.25) is 5.91 Å². The summed E-state index contributed by atoms with van der Waals surface area (Å²) in [5.74, 6) is 0.878. The molecule has 8 nitrogen and oxygen atoms in total. The first-order valence-electron chi connectivity index (χ1n) is 14.3. The molecule has 2 aliphatic rings. The molecule has 1 N–H and O–H groups in total. The molecule has 1 radical (unpaired) electrons. The first-order chi connectivity index (χ1) is 20.4. The van der Waals surface area contributed by atoms with E-state index in [1.54, 1.807) is 24.4 Å². The second-order valence-corrected chi connectivity index (χ2v) is 10.1. The van der Waals surface area contributed by atoms with Gasteiger partial charge in [-0.25, -0.2) is 14.4 Å². The molecule has 9 heteroatoms. The minimum atomic E-state index is -0.607. The summed E-state index contributed by atoms with van der Waals surface area (Å²) in [6, 6.07) is 12.6. The summed E-state index contributed by atoms with van der Waals surface area (Å²) >= 11 is 0. The number of nitriles is 1. The Kier molecular flexibility index (Phi) is 8.25. The third kappa shape index (κ3) is 5.70. The van der Waals surface area contributed by atoms with Gasteiger partial charge in [0.1, 0.15) is 29.0 Å². The SMILES string of the molecule is CC.CCc1cc(C#N)c(F)cc1Nc1cc2c(ncn2C)c(N(Cc2ccc(C3=C[CH]3)cc2OC)C(=O)C2CC2)n1.[HH]. The number of carbonyl (C=O) groups excluding carboxylic acids is 1. The van der Waals surface area contributed by atoms with Crippen LogP contribution in [0.2, 0.25) is 0 Å². The van der Waals surface area contributed by atoms with E-state index >= 15 is 0 Å². The van der Waals surface area contributed by atoms with Crippen molar-refractivity contribution in [2.24, 2.45) is 13.0 Å². The molecule has 0 bridgehead atoms. The number of allylic oxidation sites excluding steroid dienone is 2. The number of benzene rings is 2. The number of rotatable bonds is 9. The van der Waals surface area contributed by atoms with Crippen LogP contribution in [0.15, 0.2) is 48.8 Å². The smallest absolute Gasteiger partial charge is 0.231 e. The van der Waals surface area contributed by atoms with E-state index in [9.17, 15) is 14.4 Å². The summed E-state index contributed by atoms with van der Waals surface area (Å²) < 4.78 is 22.2. The number of hydrogen-bond donors (Lipinski definition) is 1. The molecule has 1 fully saturated rings. The van der Waals surface area contributed by atoms with Crippen molar-refractivity contribution < 1.29 is 15.3 Å². The van der Waals surface area contributed by atoms with E-state index in [0.29, 0.717) is 35.0 Å². The van der Waals surface area contributed by atoms with Crippen LogP contribution in [0, 0.1) is 29.5 Å². The van der Waals surface area contributed by atoms with Gasteiger partial charge in [-0.2, -0.15) is 5.26 Å². The lowest BCUT2D eigenvalue weighted by Gasteiger charge is -2.24. The van der Waals surface area contributed by atoms with E-state index in [4.69, 9.17) is 9.72 Å². The molecule has 2 heterocycles. The van der Waals surface area contributed by atoms with Gasteiger partial charge >= 0.3 is 0 Å². The number of halogens is 1. The zero-order chi connectivity index (χ0) is 30.0. The second-order valence-electron chi connectivity index (χ2n) is 10.1. The van der Waals surface area contributed by atoms with Gasteiger partial charge in [0.15, 0.2) is 5.82 Å². The number of ether oxygens (including phenoxy) is 1. The van der Waals surface area contributed by atoms with Crippen LogP contribution in [0.25, 0.3) is 16.6 Å². The van der Waals surface area contributed by atoms with Gasteiger partial charge in [0, 0.05) is 38.1 Å². The summed E-state index contributed by atoms with van der Waals surface area (Å²) in [5.41, 5.74) is 5.75. The average molecular weight is 568 g/mol. The third-order valence-corrected chi connectivity index (χ3v) is 7.38. The van der Waals surface area contributed by atoms with Crippen LogP contribution in [0.3, 0.4) is 0 Å². The zero-order valence-corrected chi connectivity index (χ0v) is 24.5. The molecule has 0 unspecified atom stereocenters. The van der Waals surface area contributed by atoms with Crippen molar-refractivity contribution in [2.75, 3.05) is 17.3 Å². The Morgan fingerprint density at radius 3 is 2.64 bits per heavy atom. The molecule has 1 saturated carbocycles. The largest absolute Gasteiger partial charge is 0.496 e. The minimum Gasteiger partial charge on any atom is -0.496 e.